The molecule has 2 aromatic carbocycles. The molecule has 0 aliphatic carbocycles. The van der Waals surface area contributed by atoms with Gasteiger partial charge in [0.2, 0.25) is 0 Å². The van der Waals surface area contributed by atoms with Crippen LogP contribution in [-0.2, 0) is 14.0 Å². The second-order valence-corrected chi connectivity index (χ2v) is 7.35. The van der Waals surface area contributed by atoms with Crippen LogP contribution in [0.4, 0.5) is 13.2 Å². The molecule has 2 aromatic rings. The first-order valence-corrected chi connectivity index (χ1v) is 9.00. The van der Waals surface area contributed by atoms with Crippen molar-refractivity contribution < 1.29 is 33.8 Å². The summed E-state index contributed by atoms with van der Waals surface area (Å²) in [6, 6.07) is 8.28. The van der Waals surface area contributed by atoms with Crippen LogP contribution in [0.1, 0.15) is 0 Å². The van der Waals surface area contributed by atoms with Gasteiger partial charge in [0.25, 0.3) is 0 Å². The number of benzene rings is 2. The zero-order chi connectivity index (χ0) is 15.8. The molecule has 0 bridgehead atoms. The number of hydrogen-bond acceptors (Lipinski definition) is 4. The standard InChI is InChI=1S/C11H7F3O5SSe/c12-11(13,14)20(15,16)19-10-8-4-2-1-3-7(8)5-6-9(10)21(17)18/h1-6H,(H,17,18). The maximum atomic E-state index is 12.4. The van der Waals surface area contributed by atoms with Crippen LogP contribution in [0.2, 0.25) is 0 Å². The van der Waals surface area contributed by atoms with Gasteiger partial charge in [0.1, 0.15) is 0 Å². The van der Waals surface area contributed by atoms with Crippen LogP contribution in [0.25, 0.3) is 10.8 Å². The Bertz CT molecular complexity index is 816. The molecule has 0 radical (unpaired) electrons. The van der Waals surface area contributed by atoms with E-state index in [1.54, 1.807) is 6.07 Å². The molecule has 0 aromatic heterocycles. The van der Waals surface area contributed by atoms with E-state index in [9.17, 15) is 29.6 Å². The van der Waals surface area contributed by atoms with Gasteiger partial charge in [0, 0.05) is 0 Å². The van der Waals surface area contributed by atoms with Crippen molar-refractivity contribution in [1.82, 2.24) is 0 Å². The molecular formula is C11H7F3O5SSe. The summed E-state index contributed by atoms with van der Waals surface area (Å²) in [7, 11) is -5.93. The Balaban J connectivity index is 2.72. The molecule has 0 amide bonds. The molecule has 0 aliphatic rings. The van der Waals surface area contributed by atoms with Crippen molar-refractivity contribution in [2.24, 2.45) is 0 Å². The van der Waals surface area contributed by atoms with Crippen molar-refractivity contribution in [2.45, 2.75) is 5.51 Å². The van der Waals surface area contributed by atoms with Gasteiger partial charge in [-0.1, -0.05) is 0 Å². The average Bonchev–Trinajstić information content (AvgIpc) is 2.37. The number of alkyl halides is 3. The van der Waals surface area contributed by atoms with Crippen LogP contribution in [0.3, 0.4) is 0 Å². The van der Waals surface area contributed by atoms with E-state index in [1.807, 2.05) is 0 Å². The molecule has 0 spiro atoms. The molecular weight excluding hydrogens is 380 g/mol. The van der Waals surface area contributed by atoms with Crippen LogP contribution in [0.15, 0.2) is 36.4 Å². The molecule has 2 rings (SSSR count). The summed E-state index contributed by atoms with van der Waals surface area (Å²) in [6.45, 7) is 0. The minimum absolute atomic E-state index is 0.00137. The predicted molar refractivity (Wildman–Crippen MR) is 67.8 cm³/mol. The maximum absolute atomic E-state index is 12.4. The predicted octanol–water partition coefficient (Wildman–Crippen LogP) is 1.19. The number of hydrogen-bond donors (Lipinski definition) is 1. The quantitative estimate of drug-likeness (QED) is 0.486. The zero-order valence-corrected chi connectivity index (χ0v) is 12.5. The van der Waals surface area contributed by atoms with Crippen molar-refractivity contribution in [1.29, 1.82) is 0 Å². The Kier molecular flexibility index (Phi) is 4.07. The van der Waals surface area contributed by atoms with Crippen molar-refractivity contribution in [3.63, 3.8) is 0 Å². The fraction of sp³-hybridized carbons (Fsp3) is 0.0909. The van der Waals surface area contributed by atoms with Gasteiger partial charge < -0.3 is 0 Å². The normalized spacial score (nSPS) is 14.1. The summed E-state index contributed by atoms with van der Waals surface area (Å²) in [5.74, 6) is -0.770. The van der Waals surface area contributed by atoms with Gasteiger partial charge in [0.15, 0.2) is 0 Å². The first-order chi connectivity index (χ1) is 9.63. The van der Waals surface area contributed by atoms with E-state index in [0.717, 1.165) is 6.07 Å². The zero-order valence-electron chi connectivity index (χ0n) is 9.99. The van der Waals surface area contributed by atoms with E-state index in [0.29, 0.717) is 5.39 Å². The summed E-state index contributed by atoms with van der Waals surface area (Å²) >= 11 is -3.69. The Morgan fingerprint density at radius 3 is 2.29 bits per heavy atom. The van der Waals surface area contributed by atoms with Crippen LogP contribution >= 0.6 is 0 Å². The van der Waals surface area contributed by atoms with E-state index in [4.69, 9.17) is 0 Å². The molecule has 0 aliphatic heterocycles. The molecule has 0 fully saturated rings. The van der Waals surface area contributed by atoms with Gasteiger partial charge >= 0.3 is 121 Å². The van der Waals surface area contributed by atoms with E-state index in [-0.39, 0.29) is 5.39 Å². The van der Waals surface area contributed by atoms with Crippen molar-refractivity contribution in [2.75, 3.05) is 0 Å². The molecule has 10 heteroatoms. The Morgan fingerprint density at radius 2 is 1.71 bits per heavy atom. The van der Waals surface area contributed by atoms with Gasteiger partial charge in [0.05, 0.1) is 0 Å². The minimum atomic E-state index is -5.93. The number of fused-ring (bicyclic) bond motifs is 1. The van der Waals surface area contributed by atoms with Crippen molar-refractivity contribution in [3.8, 4) is 5.75 Å². The molecule has 1 N–H and O–H groups in total. The van der Waals surface area contributed by atoms with Gasteiger partial charge in [-0.05, 0) is 0 Å². The van der Waals surface area contributed by atoms with E-state index >= 15 is 0 Å². The first kappa shape index (κ1) is 15.9. The fourth-order valence-corrected chi connectivity index (χ4v) is 3.25. The topological polar surface area (TPSA) is 80.7 Å². The summed E-state index contributed by atoms with van der Waals surface area (Å²) < 4.78 is 83.5. The third kappa shape index (κ3) is 3.08. The molecule has 0 heterocycles. The Morgan fingerprint density at radius 1 is 1.10 bits per heavy atom. The molecule has 0 saturated carbocycles. The summed E-state index contributed by atoms with van der Waals surface area (Å²) in [6.07, 6.45) is 0. The van der Waals surface area contributed by atoms with Crippen LogP contribution in [-0.4, -0.2) is 32.3 Å². The fourth-order valence-electron chi connectivity index (χ4n) is 1.60. The van der Waals surface area contributed by atoms with Gasteiger partial charge in [-0.3, -0.25) is 0 Å². The van der Waals surface area contributed by atoms with Gasteiger partial charge in [-0.15, -0.1) is 0 Å². The van der Waals surface area contributed by atoms with E-state index < -0.39 is 40.0 Å². The van der Waals surface area contributed by atoms with Gasteiger partial charge in [-0.2, -0.15) is 0 Å². The summed E-state index contributed by atoms with van der Waals surface area (Å²) in [4.78, 5) is 0. The second kappa shape index (κ2) is 5.38. The second-order valence-electron chi connectivity index (χ2n) is 3.85. The third-order valence-electron chi connectivity index (χ3n) is 2.51. The molecule has 5 nitrogen and oxygen atoms in total. The summed E-state index contributed by atoms with van der Waals surface area (Å²) in [5.41, 5.74) is -5.63. The van der Waals surface area contributed by atoms with Crippen molar-refractivity contribution in [3.05, 3.63) is 36.4 Å². The molecule has 114 valence electrons. The van der Waals surface area contributed by atoms with E-state index in [2.05, 4.69) is 4.18 Å². The molecule has 0 saturated heterocycles. The Labute approximate surface area is 121 Å². The van der Waals surface area contributed by atoms with Crippen LogP contribution < -0.4 is 8.64 Å². The average molecular weight is 387 g/mol. The number of halogens is 3. The molecule has 21 heavy (non-hydrogen) atoms. The summed E-state index contributed by atoms with van der Waals surface area (Å²) in [5, 5.41) is 0.377. The third-order valence-corrected chi connectivity index (χ3v) is 4.93. The van der Waals surface area contributed by atoms with Crippen molar-refractivity contribution >= 4 is 39.5 Å². The number of rotatable bonds is 3. The van der Waals surface area contributed by atoms with E-state index in [1.165, 1.54) is 24.3 Å². The molecule has 1 atom stereocenters. The van der Waals surface area contributed by atoms with Crippen LogP contribution in [0.5, 0.6) is 5.75 Å². The SMILES string of the molecule is O=[Se](O)c1ccc2ccccc2c1OS(=O)(=O)C(F)(F)F. The first-order valence-electron chi connectivity index (χ1n) is 5.27. The molecule has 1 unspecified atom stereocenters. The van der Waals surface area contributed by atoms with Gasteiger partial charge in [-0.25, -0.2) is 0 Å². The monoisotopic (exact) mass is 388 g/mol. The Hall–Kier alpha value is -1.48. The van der Waals surface area contributed by atoms with Crippen LogP contribution in [0, 0.1) is 0 Å².